The van der Waals surface area contributed by atoms with Crippen LogP contribution in [0.15, 0.2) is 4.47 Å². The molecule has 1 aliphatic heterocycles. The van der Waals surface area contributed by atoms with Crippen LogP contribution in [0.1, 0.15) is 0 Å². The lowest BCUT2D eigenvalue weighted by Gasteiger charge is -1.72. The Bertz CT molecular complexity index is 45.6. The molecule has 3 heteroatoms. The number of thiol groups is 1. The Morgan fingerprint density at radius 2 is 2.80 bits per heavy atom. The topological polar surface area (TPSA) is 24.4 Å². The standard InChI is InChI=1S/C2H6N2S/c1-2-5-4-3-1/h3,5H,1-2H2. The first-order valence-corrected chi connectivity index (χ1v) is 2.63. The maximum Gasteiger partial charge on any atom is 0.0273 e. The number of nitrogens with one attached hydrogen (secondary N) is 1. The van der Waals surface area contributed by atoms with E-state index < -0.39 is 0 Å². The number of nitrogens with zero attached hydrogens (tertiary/aromatic N) is 1. The van der Waals surface area contributed by atoms with Gasteiger partial charge in [-0.1, -0.05) is 11.6 Å². The largest absolute Gasteiger partial charge is 0.207 e. The van der Waals surface area contributed by atoms with Crippen molar-refractivity contribution in [2.24, 2.45) is 4.47 Å². The SMILES string of the molecule is C1C[SH]=NN1. The minimum absolute atomic E-state index is 1.07. The first kappa shape index (κ1) is 3.31. The molecule has 0 amide bonds. The normalized spacial score (nSPS) is 22.4. The highest BCUT2D eigenvalue weighted by Crippen LogP contribution is 1.71. The van der Waals surface area contributed by atoms with Crippen LogP contribution in [0.4, 0.5) is 0 Å². The summed E-state index contributed by atoms with van der Waals surface area (Å²) in [5.74, 6) is 1.19. The van der Waals surface area contributed by atoms with Gasteiger partial charge in [-0.15, -0.1) is 0 Å². The molecule has 0 unspecified atom stereocenters. The smallest absolute Gasteiger partial charge is 0.0273 e. The summed E-state index contributed by atoms with van der Waals surface area (Å²) in [6, 6.07) is 0. The highest BCUT2D eigenvalue weighted by molar-refractivity contribution is 7.68. The van der Waals surface area contributed by atoms with Crippen molar-refractivity contribution in [3.63, 3.8) is 0 Å². The fourth-order valence-electron chi connectivity index (χ4n) is 0.250. The van der Waals surface area contributed by atoms with Gasteiger partial charge in [0.05, 0.1) is 0 Å². The molecule has 1 aliphatic rings. The van der Waals surface area contributed by atoms with Crippen molar-refractivity contribution in [2.45, 2.75) is 0 Å². The van der Waals surface area contributed by atoms with Crippen LogP contribution in [0, 0.1) is 0 Å². The van der Waals surface area contributed by atoms with Crippen molar-refractivity contribution in [1.29, 1.82) is 0 Å². The van der Waals surface area contributed by atoms with Crippen molar-refractivity contribution in [2.75, 3.05) is 12.3 Å². The molecule has 1 N–H and O–H groups in total. The van der Waals surface area contributed by atoms with E-state index in [9.17, 15) is 0 Å². The second kappa shape index (κ2) is 1.52. The summed E-state index contributed by atoms with van der Waals surface area (Å²) in [5.41, 5.74) is 2.83. The van der Waals surface area contributed by atoms with E-state index in [1.54, 1.807) is 0 Å². The fraction of sp³-hybridized carbons (Fsp3) is 1.00. The molecule has 0 aliphatic carbocycles. The van der Waals surface area contributed by atoms with E-state index in [0.29, 0.717) is 0 Å². The Labute approximate surface area is 34.7 Å². The van der Waals surface area contributed by atoms with Gasteiger partial charge in [-0.3, -0.25) is 0 Å². The van der Waals surface area contributed by atoms with E-state index in [2.05, 4.69) is 9.90 Å². The predicted octanol–water partition coefficient (Wildman–Crippen LogP) is -0.497. The lowest BCUT2D eigenvalue weighted by Crippen LogP contribution is -2.00. The summed E-state index contributed by atoms with van der Waals surface area (Å²) in [5, 5.41) is 0. The summed E-state index contributed by atoms with van der Waals surface area (Å²) >= 11 is 1.21. The zero-order chi connectivity index (χ0) is 3.54. The average molecular weight is 90.2 g/mol. The van der Waals surface area contributed by atoms with E-state index >= 15 is 0 Å². The van der Waals surface area contributed by atoms with Gasteiger partial charge >= 0.3 is 0 Å². The van der Waals surface area contributed by atoms with Gasteiger partial charge in [0, 0.05) is 12.3 Å². The van der Waals surface area contributed by atoms with Gasteiger partial charge in [-0.05, 0) is 0 Å². The monoisotopic (exact) mass is 90.0 g/mol. The minimum atomic E-state index is 1.07. The zero-order valence-corrected chi connectivity index (χ0v) is 3.70. The van der Waals surface area contributed by atoms with Crippen LogP contribution in [0.5, 0.6) is 0 Å². The first-order valence-electron chi connectivity index (χ1n) is 1.59. The predicted molar refractivity (Wildman–Crippen MR) is 24.1 cm³/mol. The molecule has 0 spiro atoms. The van der Waals surface area contributed by atoms with Gasteiger partial charge in [-0.25, -0.2) is 5.43 Å². The van der Waals surface area contributed by atoms with Crippen molar-refractivity contribution in [3.8, 4) is 0 Å². The van der Waals surface area contributed by atoms with Crippen molar-refractivity contribution >= 4 is 11.6 Å². The molecule has 1 heterocycles. The molecule has 0 fully saturated rings. The fourth-order valence-corrected chi connectivity index (χ4v) is 0.750. The van der Waals surface area contributed by atoms with E-state index in [4.69, 9.17) is 0 Å². The molecule has 30 valence electrons. The quantitative estimate of drug-likeness (QED) is 0.385. The second-order valence-corrected chi connectivity index (χ2v) is 1.80. The Morgan fingerprint density at radius 1 is 1.80 bits per heavy atom. The summed E-state index contributed by atoms with van der Waals surface area (Å²) < 4.78 is 3.81. The van der Waals surface area contributed by atoms with Crippen molar-refractivity contribution in [1.82, 2.24) is 5.43 Å². The summed E-state index contributed by atoms with van der Waals surface area (Å²) in [7, 11) is 0. The Balaban J connectivity index is 2.32. The van der Waals surface area contributed by atoms with Gasteiger partial charge in [0.1, 0.15) is 0 Å². The second-order valence-electron chi connectivity index (χ2n) is 0.873. The molecule has 0 bridgehead atoms. The van der Waals surface area contributed by atoms with Gasteiger partial charge in [0.15, 0.2) is 0 Å². The number of hydrogen-bond donors (Lipinski definition) is 2. The van der Waals surface area contributed by atoms with Crippen LogP contribution in [-0.4, -0.2) is 12.3 Å². The molecule has 2 nitrogen and oxygen atoms in total. The maximum absolute atomic E-state index is 3.81. The number of hydrogen-bond acceptors (Lipinski definition) is 2. The molecular weight excluding hydrogens is 84.1 g/mol. The van der Waals surface area contributed by atoms with Gasteiger partial charge < -0.3 is 0 Å². The Hall–Kier alpha value is 0.110. The van der Waals surface area contributed by atoms with Gasteiger partial charge in [0.25, 0.3) is 0 Å². The molecular formula is C2H6N2S. The van der Waals surface area contributed by atoms with E-state index in [-0.39, 0.29) is 0 Å². The first-order chi connectivity index (χ1) is 2.50. The third-order valence-corrected chi connectivity index (χ3v) is 1.17. The molecule has 0 aromatic heterocycles. The van der Waals surface area contributed by atoms with Crippen LogP contribution in [0.3, 0.4) is 0 Å². The Morgan fingerprint density at radius 3 is 3.00 bits per heavy atom. The lowest BCUT2D eigenvalue weighted by atomic mass is 10.8. The van der Waals surface area contributed by atoms with Gasteiger partial charge in [0.2, 0.25) is 0 Å². The third-order valence-electron chi connectivity index (χ3n) is 0.465. The molecule has 0 saturated heterocycles. The van der Waals surface area contributed by atoms with Crippen molar-refractivity contribution in [3.05, 3.63) is 0 Å². The number of rotatable bonds is 0. The van der Waals surface area contributed by atoms with E-state index in [1.807, 2.05) is 0 Å². The average Bonchev–Trinajstić information content (AvgIpc) is 1.76. The lowest BCUT2D eigenvalue weighted by molar-refractivity contribution is 0.832. The van der Waals surface area contributed by atoms with Crippen molar-refractivity contribution < 1.29 is 0 Å². The van der Waals surface area contributed by atoms with Gasteiger partial charge in [-0.2, -0.15) is 4.47 Å². The highest BCUT2D eigenvalue weighted by atomic mass is 32.1. The summed E-state index contributed by atoms with van der Waals surface area (Å²) in [6.07, 6.45) is 0. The summed E-state index contributed by atoms with van der Waals surface area (Å²) in [6.45, 7) is 1.07. The maximum atomic E-state index is 3.81. The molecule has 0 radical (unpaired) electrons. The molecule has 1 rings (SSSR count). The zero-order valence-electron chi connectivity index (χ0n) is 2.81. The Kier molecular flexibility index (Phi) is 1.01. The third kappa shape index (κ3) is 0.701. The minimum Gasteiger partial charge on any atom is -0.207 e. The van der Waals surface area contributed by atoms with Crippen LogP contribution < -0.4 is 5.43 Å². The van der Waals surface area contributed by atoms with Crippen LogP contribution in [0.25, 0.3) is 0 Å². The molecule has 5 heavy (non-hydrogen) atoms. The summed E-state index contributed by atoms with van der Waals surface area (Å²) in [4.78, 5) is 0. The van der Waals surface area contributed by atoms with Crippen LogP contribution >= 0.6 is 0 Å². The van der Waals surface area contributed by atoms with E-state index in [0.717, 1.165) is 6.54 Å². The van der Waals surface area contributed by atoms with Crippen LogP contribution in [0.2, 0.25) is 0 Å². The molecule has 0 atom stereocenters. The molecule has 0 aromatic carbocycles. The van der Waals surface area contributed by atoms with Crippen LogP contribution in [-0.2, 0) is 11.6 Å². The van der Waals surface area contributed by atoms with E-state index in [1.165, 1.54) is 17.3 Å². The molecule has 0 saturated carbocycles. The molecule has 0 aromatic rings. The highest BCUT2D eigenvalue weighted by Gasteiger charge is 1.83.